The number of aliphatic hydroxyl groups excluding tert-OH is 2. The van der Waals surface area contributed by atoms with Crippen molar-refractivity contribution in [2.75, 3.05) is 13.2 Å². The van der Waals surface area contributed by atoms with Gasteiger partial charge in [-0.1, -0.05) is 423 Å². The summed E-state index contributed by atoms with van der Waals surface area (Å²) in [5.41, 5.74) is 0. The van der Waals surface area contributed by atoms with Crippen LogP contribution in [0.1, 0.15) is 470 Å². The number of hydrogen-bond donors (Lipinski definition) is 3. The number of ether oxygens (including phenoxy) is 1. The number of allylic oxidation sites excluding steroid dienone is 3. The first-order valence-electron chi connectivity index (χ1n) is 41.1. The van der Waals surface area contributed by atoms with Gasteiger partial charge in [0.15, 0.2) is 0 Å². The molecule has 0 rings (SSSR count). The zero-order valence-corrected chi connectivity index (χ0v) is 60.7. The van der Waals surface area contributed by atoms with Crippen LogP contribution in [0.5, 0.6) is 0 Å². The second-order valence-electron chi connectivity index (χ2n) is 28.5. The second-order valence-corrected chi connectivity index (χ2v) is 28.5. The smallest absolute Gasteiger partial charge is 0.305 e. The van der Waals surface area contributed by atoms with Gasteiger partial charge in [-0.3, -0.25) is 9.59 Å². The number of carbonyl (C=O) groups is 2. The Bertz CT molecular complexity index is 1400. The highest BCUT2D eigenvalue weighted by molar-refractivity contribution is 5.76. The highest BCUT2D eigenvalue weighted by Gasteiger charge is 2.18. The summed E-state index contributed by atoms with van der Waals surface area (Å²) in [6, 6.07) is -0.623. The number of hydrogen-bond acceptors (Lipinski definition) is 5. The Balaban J connectivity index is 3.30. The van der Waals surface area contributed by atoms with E-state index in [-0.39, 0.29) is 18.5 Å². The molecule has 0 fully saturated rings. The number of rotatable bonds is 78. The van der Waals surface area contributed by atoms with E-state index in [4.69, 9.17) is 4.74 Å². The molecule has 0 radical (unpaired) electrons. The van der Waals surface area contributed by atoms with E-state index in [1.807, 2.05) is 6.08 Å². The maximum atomic E-state index is 12.5. The van der Waals surface area contributed by atoms with E-state index >= 15 is 0 Å². The molecule has 0 spiro atoms. The Morgan fingerprint density at radius 3 is 0.798 bits per heavy atom. The number of aliphatic hydroxyl groups is 2. The molecule has 0 aromatic heterocycles. The van der Waals surface area contributed by atoms with Crippen LogP contribution in [-0.4, -0.2) is 47.4 Å². The molecule has 6 heteroatoms. The van der Waals surface area contributed by atoms with Crippen LogP contribution in [0.2, 0.25) is 0 Å². The first-order chi connectivity index (χ1) is 44.0. The van der Waals surface area contributed by atoms with Crippen LogP contribution in [0.25, 0.3) is 0 Å². The van der Waals surface area contributed by atoms with Crippen molar-refractivity contribution in [1.82, 2.24) is 5.32 Å². The molecule has 6 nitrogen and oxygen atoms in total. The van der Waals surface area contributed by atoms with Crippen LogP contribution in [-0.2, 0) is 14.3 Å². The van der Waals surface area contributed by atoms with E-state index in [1.54, 1.807) is 6.08 Å². The maximum Gasteiger partial charge on any atom is 0.305 e. The molecule has 528 valence electrons. The number of esters is 1. The van der Waals surface area contributed by atoms with Gasteiger partial charge >= 0.3 is 5.97 Å². The highest BCUT2D eigenvalue weighted by atomic mass is 16.5. The monoisotopic (exact) mass is 1250 g/mol. The molecule has 0 saturated heterocycles. The lowest BCUT2D eigenvalue weighted by molar-refractivity contribution is -0.143. The minimum absolute atomic E-state index is 0.0213. The van der Waals surface area contributed by atoms with Gasteiger partial charge in [-0.05, 0) is 57.8 Å². The fourth-order valence-corrected chi connectivity index (χ4v) is 13.2. The average Bonchev–Trinajstić information content (AvgIpc) is 3.67. The summed E-state index contributed by atoms with van der Waals surface area (Å²) >= 11 is 0. The Morgan fingerprint density at radius 2 is 0.528 bits per heavy atom. The molecular formula is C83H161NO5. The molecule has 2 unspecified atom stereocenters. The van der Waals surface area contributed by atoms with Gasteiger partial charge in [0.1, 0.15) is 0 Å². The summed E-state index contributed by atoms with van der Waals surface area (Å²) < 4.78 is 5.52. The SMILES string of the molecule is CCCCCCCCC/C=C\CCCCCCCCCC(=O)OCCCCCCCCCCCCCCCCCCCCCCCCCCCCCCCCCCCCCCCC(=O)NC(CO)C(O)/C=C/CCCCCCCCCCCCCCCCC. The van der Waals surface area contributed by atoms with Crippen molar-refractivity contribution in [2.45, 2.75) is 482 Å². The van der Waals surface area contributed by atoms with Crippen LogP contribution in [0.15, 0.2) is 24.3 Å². The summed E-state index contributed by atoms with van der Waals surface area (Å²) in [7, 11) is 0. The molecule has 0 aliphatic heterocycles. The van der Waals surface area contributed by atoms with Gasteiger partial charge in [-0.2, -0.15) is 0 Å². The molecule has 0 bridgehead atoms. The third kappa shape index (κ3) is 75.3. The van der Waals surface area contributed by atoms with E-state index < -0.39 is 12.1 Å². The number of carbonyl (C=O) groups excluding carboxylic acids is 2. The number of nitrogens with one attached hydrogen (secondary N) is 1. The molecule has 89 heavy (non-hydrogen) atoms. The maximum absolute atomic E-state index is 12.5. The molecule has 0 aliphatic rings. The van der Waals surface area contributed by atoms with E-state index in [1.165, 1.54) is 405 Å². The zero-order valence-electron chi connectivity index (χ0n) is 60.7. The van der Waals surface area contributed by atoms with E-state index in [0.29, 0.717) is 19.4 Å². The van der Waals surface area contributed by atoms with Crippen LogP contribution in [0.4, 0.5) is 0 Å². The van der Waals surface area contributed by atoms with Crippen LogP contribution in [0, 0.1) is 0 Å². The Hall–Kier alpha value is -1.66. The van der Waals surface area contributed by atoms with Crippen molar-refractivity contribution >= 4 is 11.9 Å². The lowest BCUT2D eigenvalue weighted by Crippen LogP contribution is -2.45. The van der Waals surface area contributed by atoms with Crippen molar-refractivity contribution in [1.29, 1.82) is 0 Å². The summed E-state index contributed by atoms with van der Waals surface area (Å²) in [4.78, 5) is 24.6. The Labute approximate surface area is 558 Å². The largest absolute Gasteiger partial charge is 0.466 e. The molecule has 1 amide bonds. The van der Waals surface area contributed by atoms with E-state index in [0.717, 1.165) is 38.5 Å². The van der Waals surface area contributed by atoms with Crippen molar-refractivity contribution in [3.63, 3.8) is 0 Å². The van der Waals surface area contributed by atoms with Gasteiger partial charge < -0.3 is 20.3 Å². The third-order valence-corrected chi connectivity index (χ3v) is 19.5. The van der Waals surface area contributed by atoms with Gasteiger partial charge in [0.2, 0.25) is 5.91 Å². The molecule has 0 aliphatic carbocycles. The highest BCUT2D eigenvalue weighted by Crippen LogP contribution is 2.20. The molecule has 0 heterocycles. The number of amides is 1. The molecule has 0 saturated carbocycles. The minimum atomic E-state index is -0.840. The molecule has 2 atom stereocenters. The summed E-state index contributed by atoms with van der Waals surface area (Å²) in [5.74, 6) is -0.0370. The van der Waals surface area contributed by atoms with Gasteiger partial charge in [-0.15, -0.1) is 0 Å². The predicted octanol–water partition coefficient (Wildman–Crippen LogP) is 27.2. The topological polar surface area (TPSA) is 95.9 Å². The van der Waals surface area contributed by atoms with E-state index in [2.05, 4.69) is 31.3 Å². The first-order valence-corrected chi connectivity index (χ1v) is 41.1. The van der Waals surface area contributed by atoms with Crippen LogP contribution < -0.4 is 5.32 Å². The predicted molar refractivity (Wildman–Crippen MR) is 393 cm³/mol. The summed E-state index contributed by atoms with van der Waals surface area (Å²) in [6.45, 7) is 4.95. The molecule has 0 aromatic carbocycles. The fraction of sp³-hybridized carbons (Fsp3) is 0.928. The second kappa shape index (κ2) is 78.8. The van der Waals surface area contributed by atoms with Crippen molar-refractivity contribution in [3.05, 3.63) is 24.3 Å². The van der Waals surface area contributed by atoms with E-state index in [9.17, 15) is 19.8 Å². The lowest BCUT2D eigenvalue weighted by atomic mass is 10.0. The Morgan fingerprint density at radius 1 is 0.303 bits per heavy atom. The van der Waals surface area contributed by atoms with Gasteiger partial charge in [0.25, 0.3) is 0 Å². The van der Waals surface area contributed by atoms with Crippen LogP contribution >= 0.6 is 0 Å². The fourth-order valence-electron chi connectivity index (χ4n) is 13.2. The van der Waals surface area contributed by atoms with Gasteiger partial charge in [-0.25, -0.2) is 0 Å². The standard InChI is InChI=1S/C83H161NO5/c1-3-5-7-9-11-13-15-17-19-21-45-49-53-57-61-65-69-73-77-83(88)89-78-74-70-66-62-58-54-50-46-42-40-38-36-34-32-30-28-26-24-22-23-25-27-29-31-33-35-37-39-41-44-48-52-56-60-64-68-72-76-82(87)84-80(79-85)81(86)75-71-67-63-59-55-51-47-43-20-18-16-14-12-10-8-6-4-2/h19,21,71,75,80-81,85-86H,3-18,20,22-70,72-74,76-79H2,1-2H3,(H,84,87)/b21-19-,75-71+. The first kappa shape index (κ1) is 87.3. The van der Waals surface area contributed by atoms with Crippen molar-refractivity contribution in [2.24, 2.45) is 0 Å². The number of unbranched alkanes of at least 4 members (excludes halogenated alkanes) is 65. The van der Waals surface area contributed by atoms with Crippen LogP contribution in [0.3, 0.4) is 0 Å². The summed E-state index contributed by atoms with van der Waals surface area (Å²) in [6.07, 6.45) is 102. The van der Waals surface area contributed by atoms with Gasteiger partial charge in [0, 0.05) is 12.8 Å². The minimum Gasteiger partial charge on any atom is -0.466 e. The third-order valence-electron chi connectivity index (χ3n) is 19.5. The molecule has 3 N–H and O–H groups in total. The zero-order chi connectivity index (χ0) is 64.2. The molecule has 0 aromatic rings. The quantitative estimate of drug-likeness (QED) is 0.0320. The van der Waals surface area contributed by atoms with Gasteiger partial charge in [0.05, 0.1) is 25.4 Å². The average molecular weight is 1250 g/mol. The normalized spacial score (nSPS) is 12.5. The molecular weight excluding hydrogens is 1090 g/mol. The summed E-state index contributed by atoms with van der Waals surface area (Å²) in [5, 5.41) is 23.2. The van der Waals surface area contributed by atoms with Crippen molar-refractivity contribution < 1.29 is 24.5 Å². The Kier molecular flexibility index (Phi) is 77.3. The lowest BCUT2D eigenvalue weighted by Gasteiger charge is -2.20. The van der Waals surface area contributed by atoms with Crippen molar-refractivity contribution in [3.8, 4) is 0 Å².